The van der Waals surface area contributed by atoms with Crippen molar-refractivity contribution in [2.24, 2.45) is 0 Å². The fourth-order valence-electron chi connectivity index (χ4n) is 1.95. The lowest BCUT2D eigenvalue weighted by Crippen LogP contribution is -2.63. The van der Waals surface area contributed by atoms with Crippen LogP contribution in [0.25, 0.3) is 0 Å². The molecule has 5 nitrogen and oxygen atoms in total. The van der Waals surface area contributed by atoms with E-state index < -0.39 is 12.1 Å². The Balaban J connectivity index is 3.06. The SMILES string of the molecule is CC[C@H]1C(=O)N(C(C)=O)[C@@H](C)C(=O)N1C. The molecule has 1 saturated heterocycles. The number of hydrogen-bond acceptors (Lipinski definition) is 3. The van der Waals surface area contributed by atoms with Crippen LogP contribution in [-0.2, 0) is 14.4 Å². The Morgan fingerprint density at radius 3 is 2.27 bits per heavy atom. The monoisotopic (exact) mass is 212 g/mol. The zero-order chi connectivity index (χ0) is 11.7. The third-order valence-electron chi connectivity index (χ3n) is 2.81. The minimum atomic E-state index is -0.678. The zero-order valence-corrected chi connectivity index (χ0v) is 9.48. The Kier molecular flexibility index (Phi) is 3.12. The maximum atomic E-state index is 11.9. The first-order valence-corrected chi connectivity index (χ1v) is 5.02. The van der Waals surface area contributed by atoms with Crippen molar-refractivity contribution < 1.29 is 14.4 Å². The first kappa shape index (κ1) is 11.7. The average Bonchev–Trinajstić information content (AvgIpc) is 2.15. The number of nitrogens with zero attached hydrogens (tertiary/aromatic N) is 2. The highest BCUT2D eigenvalue weighted by Gasteiger charge is 2.42. The van der Waals surface area contributed by atoms with Crippen LogP contribution >= 0.6 is 0 Å². The lowest BCUT2D eigenvalue weighted by atomic mass is 10.0. The van der Waals surface area contributed by atoms with Crippen LogP contribution in [0.3, 0.4) is 0 Å². The normalized spacial score (nSPS) is 27.2. The molecule has 3 amide bonds. The number of amides is 3. The van der Waals surface area contributed by atoms with Gasteiger partial charge in [0.1, 0.15) is 12.1 Å². The molecule has 0 unspecified atom stereocenters. The molecule has 15 heavy (non-hydrogen) atoms. The topological polar surface area (TPSA) is 57.7 Å². The minimum absolute atomic E-state index is 0.184. The molecule has 1 aliphatic rings. The first-order valence-electron chi connectivity index (χ1n) is 5.02. The standard InChI is InChI=1S/C10H16N2O3/c1-5-8-10(15)12(7(3)13)6(2)9(14)11(8)4/h6,8H,5H2,1-4H3/t6-,8-/m0/s1. The van der Waals surface area contributed by atoms with Crippen molar-refractivity contribution in [2.75, 3.05) is 7.05 Å². The van der Waals surface area contributed by atoms with Crippen LogP contribution in [0.1, 0.15) is 27.2 Å². The molecule has 1 aliphatic heterocycles. The first-order chi connectivity index (χ1) is 6.91. The molecule has 1 rings (SSSR count). The van der Waals surface area contributed by atoms with E-state index in [0.717, 1.165) is 4.90 Å². The van der Waals surface area contributed by atoms with E-state index in [4.69, 9.17) is 0 Å². The van der Waals surface area contributed by atoms with Crippen molar-refractivity contribution >= 4 is 17.7 Å². The van der Waals surface area contributed by atoms with Gasteiger partial charge >= 0.3 is 0 Å². The molecule has 5 heteroatoms. The molecule has 0 bridgehead atoms. The van der Waals surface area contributed by atoms with Gasteiger partial charge in [-0.05, 0) is 13.3 Å². The predicted octanol–water partition coefficient (Wildman–Crippen LogP) is 0.000600. The second-order valence-corrected chi connectivity index (χ2v) is 3.78. The van der Waals surface area contributed by atoms with E-state index in [1.165, 1.54) is 11.8 Å². The van der Waals surface area contributed by atoms with Gasteiger partial charge in [-0.1, -0.05) is 6.92 Å². The van der Waals surface area contributed by atoms with E-state index in [1.54, 1.807) is 14.0 Å². The Morgan fingerprint density at radius 2 is 1.87 bits per heavy atom. The largest absolute Gasteiger partial charge is 0.332 e. The maximum absolute atomic E-state index is 11.9. The quantitative estimate of drug-likeness (QED) is 0.614. The number of imide groups is 1. The third-order valence-corrected chi connectivity index (χ3v) is 2.81. The van der Waals surface area contributed by atoms with Gasteiger partial charge in [0.05, 0.1) is 0 Å². The molecule has 0 spiro atoms. The van der Waals surface area contributed by atoms with Crippen LogP contribution in [0.2, 0.25) is 0 Å². The second kappa shape index (κ2) is 4.00. The lowest BCUT2D eigenvalue weighted by Gasteiger charge is -2.40. The van der Waals surface area contributed by atoms with Crippen molar-refractivity contribution in [1.29, 1.82) is 0 Å². The summed E-state index contributed by atoms with van der Waals surface area (Å²) < 4.78 is 0. The van der Waals surface area contributed by atoms with E-state index in [2.05, 4.69) is 0 Å². The van der Waals surface area contributed by atoms with Crippen LogP contribution in [0.4, 0.5) is 0 Å². The fourth-order valence-corrected chi connectivity index (χ4v) is 1.95. The minimum Gasteiger partial charge on any atom is -0.332 e. The molecule has 0 aliphatic carbocycles. The summed E-state index contributed by atoms with van der Waals surface area (Å²) >= 11 is 0. The molecule has 84 valence electrons. The highest BCUT2D eigenvalue weighted by molar-refractivity contribution is 6.05. The predicted molar refractivity (Wildman–Crippen MR) is 53.8 cm³/mol. The van der Waals surface area contributed by atoms with E-state index >= 15 is 0 Å². The Bertz CT molecular complexity index is 314. The van der Waals surface area contributed by atoms with E-state index in [1.807, 2.05) is 6.92 Å². The molecule has 1 heterocycles. The van der Waals surface area contributed by atoms with Crippen molar-refractivity contribution in [1.82, 2.24) is 9.80 Å². The highest BCUT2D eigenvalue weighted by atomic mass is 16.2. The van der Waals surface area contributed by atoms with Crippen molar-refractivity contribution in [3.63, 3.8) is 0 Å². The van der Waals surface area contributed by atoms with Crippen molar-refractivity contribution in [3.05, 3.63) is 0 Å². The van der Waals surface area contributed by atoms with Gasteiger partial charge in [0.2, 0.25) is 11.8 Å². The molecule has 0 aromatic rings. The summed E-state index contributed by atoms with van der Waals surface area (Å²) in [5, 5.41) is 0. The molecule has 0 radical (unpaired) electrons. The highest BCUT2D eigenvalue weighted by Crippen LogP contribution is 2.18. The number of carbonyl (C=O) groups excluding carboxylic acids is 3. The number of rotatable bonds is 1. The molecule has 0 saturated carbocycles. The van der Waals surface area contributed by atoms with E-state index in [-0.39, 0.29) is 17.7 Å². The molecular formula is C10H16N2O3. The molecular weight excluding hydrogens is 196 g/mol. The lowest BCUT2D eigenvalue weighted by molar-refractivity contribution is -0.165. The molecule has 0 aromatic heterocycles. The summed E-state index contributed by atoms with van der Waals surface area (Å²) in [7, 11) is 1.60. The van der Waals surface area contributed by atoms with Gasteiger partial charge in [0.25, 0.3) is 5.91 Å². The molecule has 0 N–H and O–H groups in total. The molecule has 0 aromatic carbocycles. The summed E-state index contributed by atoms with van der Waals surface area (Å²) in [5.74, 6) is -0.830. The third kappa shape index (κ3) is 1.73. The van der Waals surface area contributed by atoms with Gasteiger partial charge in [-0.3, -0.25) is 19.3 Å². The summed E-state index contributed by atoms with van der Waals surface area (Å²) in [5.41, 5.74) is 0. The summed E-state index contributed by atoms with van der Waals surface area (Å²) in [6, 6.07) is -1.18. The van der Waals surface area contributed by atoms with Gasteiger partial charge < -0.3 is 4.90 Å². The number of likely N-dealkylation sites (N-methyl/N-ethyl adjacent to an activating group) is 1. The molecule has 2 atom stereocenters. The maximum Gasteiger partial charge on any atom is 0.252 e. The Labute approximate surface area is 89.0 Å². The summed E-state index contributed by atoms with van der Waals surface area (Å²) in [6.45, 7) is 4.70. The van der Waals surface area contributed by atoms with E-state index in [0.29, 0.717) is 6.42 Å². The number of piperazine rings is 1. The van der Waals surface area contributed by atoms with Gasteiger partial charge in [-0.2, -0.15) is 0 Å². The van der Waals surface area contributed by atoms with E-state index in [9.17, 15) is 14.4 Å². The van der Waals surface area contributed by atoms with Crippen LogP contribution < -0.4 is 0 Å². The van der Waals surface area contributed by atoms with Gasteiger partial charge in [0.15, 0.2) is 0 Å². The Hall–Kier alpha value is -1.39. The summed E-state index contributed by atoms with van der Waals surface area (Å²) in [6.07, 6.45) is 0.525. The molecule has 1 fully saturated rings. The Morgan fingerprint density at radius 1 is 1.33 bits per heavy atom. The van der Waals surface area contributed by atoms with Crippen LogP contribution in [-0.4, -0.2) is 46.7 Å². The van der Waals surface area contributed by atoms with Crippen molar-refractivity contribution in [2.45, 2.75) is 39.3 Å². The van der Waals surface area contributed by atoms with Crippen LogP contribution in [0.5, 0.6) is 0 Å². The second-order valence-electron chi connectivity index (χ2n) is 3.78. The zero-order valence-electron chi connectivity index (χ0n) is 9.48. The van der Waals surface area contributed by atoms with Gasteiger partial charge in [0, 0.05) is 14.0 Å². The summed E-state index contributed by atoms with van der Waals surface area (Å²) in [4.78, 5) is 37.4. The van der Waals surface area contributed by atoms with Gasteiger partial charge in [-0.15, -0.1) is 0 Å². The van der Waals surface area contributed by atoms with Crippen LogP contribution in [0, 0.1) is 0 Å². The van der Waals surface area contributed by atoms with Crippen LogP contribution in [0.15, 0.2) is 0 Å². The average molecular weight is 212 g/mol. The smallest absolute Gasteiger partial charge is 0.252 e. The number of hydrogen-bond donors (Lipinski definition) is 0. The van der Waals surface area contributed by atoms with Crippen molar-refractivity contribution in [3.8, 4) is 0 Å². The number of carbonyl (C=O) groups is 3. The fraction of sp³-hybridized carbons (Fsp3) is 0.700. The van der Waals surface area contributed by atoms with Gasteiger partial charge in [-0.25, -0.2) is 0 Å².